The van der Waals surface area contributed by atoms with Crippen molar-refractivity contribution < 1.29 is 0 Å². The summed E-state index contributed by atoms with van der Waals surface area (Å²) in [5, 5.41) is 4.19. The normalized spacial score (nSPS) is 10.6. The molecule has 6 heteroatoms. The Morgan fingerprint density at radius 2 is 2.25 bits per heavy atom. The van der Waals surface area contributed by atoms with E-state index in [-0.39, 0.29) is 0 Å². The van der Waals surface area contributed by atoms with Crippen LogP contribution in [0.2, 0.25) is 0 Å². The highest BCUT2D eigenvalue weighted by Gasteiger charge is 2.10. The van der Waals surface area contributed by atoms with E-state index in [2.05, 4.69) is 37.9 Å². The first kappa shape index (κ1) is 11.1. The van der Waals surface area contributed by atoms with Crippen molar-refractivity contribution in [3.63, 3.8) is 0 Å². The number of rotatable bonds is 3. The molecule has 0 radical (unpaired) electrons. The molecule has 0 saturated carbocycles. The van der Waals surface area contributed by atoms with Crippen LogP contribution >= 0.6 is 15.9 Å². The summed E-state index contributed by atoms with van der Waals surface area (Å²) in [7, 11) is 0. The minimum absolute atomic E-state index is 0.526. The standard InChI is InChI=1S/C10H12BrN5/c1-2-3-8-9(12)13-6-14-10(8)16-5-7(11)4-15-16/h4-6H,2-3H2,1H3,(H2,12,13,14). The van der Waals surface area contributed by atoms with Gasteiger partial charge in [0, 0.05) is 11.8 Å². The summed E-state index contributed by atoms with van der Waals surface area (Å²) in [6, 6.07) is 0. The quantitative estimate of drug-likeness (QED) is 0.934. The maximum absolute atomic E-state index is 5.85. The van der Waals surface area contributed by atoms with Crippen molar-refractivity contribution in [1.29, 1.82) is 0 Å². The third-order valence-corrected chi connectivity index (χ3v) is 2.63. The molecule has 0 spiro atoms. The van der Waals surface area contributed by atoms with Crippen molar-refractivity contribution in [3.05, 3.63) is 28.8 Å². The first-order valence-corrected chi connectivity index (χ1v) is 5.81. The zero-order valence-corrected chi connectivity index (χ0v) is 10.5. The molecule has 2 aromatic rings. The van der Waals surface area contributed by atoms with Crippen LogP contribution in [0.1, 0.15) is 18.9 Å². The highest BCUT2D eigenvalue weighted by molar-refractivity contribution is 9.10. The lowest BCUT2D eigenvalue weighted by atomic mass is 10.1. The van der Waals surface area contributed by atoms with Crippen LogP contribution in [0.25, 0.3) is 5.82 Å². The fourth-order valence-electron chi connectivity index (χ4n) is 1.52. The van der Waals surface area contributed by atoms with E-state index in [0.29, 0.717) is 5.82 Å². The molecule has 2 N–H and O–H groups in total. The van der Waals surface area contributed by atoms with Crippen LogP contribution in [-0.4, -0.2) is 19.7 Å². The van der Waals surface area contributed by atoms with Crippen LogP contribution in [0.5, 0.6) is 0 Å². The van der Waals surface area contributed by atoms with Crippen molar-refractivity contribution in [2.45, 2.75) is 19.8 Å². The van der Waals surface area contributed by atoms with E-state index < -0.39 is 0 Å². The van der Waals surface area contributed by atoms with Crippen LogP contribution in [0.3, 0.4) is 0 Å². The fourth-order valence-corrected chi connectivity index (χ4v) is 1.81. The van der Waals surface area contributed by atoms with Gasteiger partial charge in [0.2, 0.25) is 0 Å². The van der Waals surface area contributed by atoms with E-state index in [1.165, 1.54) is 6.33 Å². The molecule has 0 atom stereocenters. The van der Waals surface area contributed by atoms with Gasteiger partial charge in [0.1, 0.15) is 12.1 Å². The molecule has 0 bridgehead atoms. The zero-order valence-electron chi connectivity index (χ0n) is 8.89. The van der Waals surface area contributed by atoms with Gasteiger partial charge in [-0.3, -0.25) is 0 Å². The lowest BCUT2D eigenvalue weighted by molar-refractivity contribution is 0.801. The second-order valence-electron chi connectivity index (χ2n) is 3.41. The highest BCUT2D eigenvalue weighted by atomic mass is 79.9. The van der Waals surface area contributed by atoms with Gasteiger partial charge in [-0.2, -0.15) is 5.10 Å². The number of anilines is 1. The van der Waals surface area contributed by atoms with Crippen LogP contribution in [0.4, 0.5) is 5.82 Å². The molecule has 16 heavy (non-hydrogen) atoms. The number of aromatic nitrogens is 4. The Bertz CT molecular complexity index is 494. The van der Waals surface area contributed by atoms with Crippen LogP contribution < -0.4 is 5.73 Å². The monoisotopic (exact) mass is 281 g/mol. The lowest BCUT2D eigenvalue weighted by Gasteiger charge is -2.08. The number of nitrogen functional groups attached to an aromatic ring is 1. The second kappa shape index (κ2) is 4.61. The van der Waals surface area contributed by atoms with Crippen molar-refractivity contribution in [1.82, 2.24) is 19.7 Å². The average Bonchev–Trinajstić information content (AvgIpc) is 2.68. The Balaban J connectivity index is 2.51. The summed E-state index contributed by atoms with van der Waals surface area (Å²) in [6.07, 6.45) is 6.86. The Morgan fingerprint density at radius 1 is 1.44 bits per heavy atom. The van der Waals surface area contributed by atoms with Crippen LogP contribution in [0, 0.1) is 0 Å². The largest absolute Gasteiger partial charge is 0.383 e. The molecule has 0 fully saturated rings. The number of nitrogens with two attached hydrogens (primary N) is 1. The summed E-state index contributed by atoms with van der Waals surface area (Å²) in [6.45, 7) is 2.09. The maximum Gasteiger partial charge on any atom is 0.162 e. The predicted octanol–water partition coefficient (Wildman–Crippen LogP) is 1.96. The zero-order chi connectivity index (χ0) is 11.5. The Morgan fingerprint density at radius 3 is 2.88 bits per heavy atom. The number of hydrogen-bond donors (Lipinski definition) is 1. The molecule has 0 saturated heterocycles. The molecular weight excluding hydrogens is 270 g/mol. The van der Waals surface area contributed by atoms with Crippen LogP contribution in [0.15, 0.2) is 23.2 Å². The third-order valence-electron chi connectivity index (χ3n) is 2.22. The molecule has 2 heterocycles. The van der Waals surface area contributed by atoms with Gasteiger partial charge in [0.25, 0.3) is 0 Å². The summed E-state index contributed by atoms with van der Waals surface area (Å²) >= 11 is 3.35. The molecule has 2 aromatic heterocycles. The van der Waals surface area contributed by atoms with Crippen LogP contribution in [-0.2, 0) is 6.42 Å². The van der Waals surface area contributed by atoms with E-state index in [0.717, 1.165) is 28.7 Å². The van der Waals surface area contributed by atoms with Gasteiger partial charge < -0.3 is 5.73 Å². The first-order valence-electron chi connectivity index (χ1n) is 5.02. The van der Waals surface area contributed by atoms with Gasteiger partial charge >= 0.3 is 0 Å². The first-order chi connectivity index (χ1) is 7.72. The Labute approximate surface area is 102 Å². The van der Waals surface area contributed by atoms with E-state index in [1.54, 1.807) is 10.9 Å². The Hall–Kier alpha value is -1.43. The van der Waals surface area contributed by atoms with Gasteiger partial charge in [0.05, 0.1) is 10.7 Å². The molecule has 0 unspecified atom stereocenters. The number of halogens is 1. The van der Waals surface area contributed by atoms with E-state index in [4.69, 9.17) is 5.73 Å². The summed E-state index contributed by atoms with van der Waals surface area (Å²) in [4.78, 5) is 8.23. The van der Waals surface area contributed by atoms with E-state index >= 15 is 0 Å². The Kier molecular flexibility index (Phi) is 3.19. The summed E-state index contributed by atoms with van der Waals surface area (Å²) < 4.78 is 2.61. The van der Waals surface area contributed by atoms with Gasteiger partial charge in [-0.1, -0.05) is 13.3 Å². The molecule has 84 valence electrons. The SMILES string of the molecule is CCCc1c(N)ncnc1-n1cc(Br)cn1. The molecule has 0 aliphatic heterocycles. The van der Waals surface area contributed by atoms with Gasteiger partial charge in [-0.15, -0.1) is 0 Å². The lowest BCUT2D eigenvalue weighted by Crippen LogP contribution is -2.08. The van der Waals surface area contributed by atoms with Gasteiger partial charge in [-0.25, -0.2) is 14.6 Å². The molecule has 0 aliphatic rings. The summed E-state index contributed by atoms with van der Waals surface area (Å²) in [5.74, 6) is 1.28. The fraction of sp³-hybridized carbons (Fsp3) is 0.300. The predicted molar refractivity (Wildman–Crippen MR) is 65.3 cm³/mol. The molecular formula is C10H12BrN5. The topological polar surface area (TPSA) is 69.6 Å². The smallest absolute Gasteiger partial charge is 0.162 e. The third kappa shape index (κ3) is 2.06. The van der Waals surface area contributed by atoms with Crippen molar-refractivity contribution in [2.75, 3.05) is 5.73 Å². The molecule has 0 aliphatic carbocycles. The van der Waals surface area contributed by atoms with Crippen molar-refractivity contribution >= 4 is 21.7 Å². The second-order valence-corrected chi connectivity index (χ2v) is 4.33. The van der Waals surface area contributed by atoms with Crippen molar-refractivity contribution in [2.24, 2.45) is 0 Å². The highest BCUT2D eigenvalue weighted by Crippen LogP contribution is 2.19. The van der Waals surface area contributed by atoms with E-state index in [1.807, 2.05) is 6.20 Å². The minimum Gasteiger partial charge on any atom is -0.383 e. The molecule has 2 rings (SSSR count). The molecule has 0 amide bonds. The average molecular weight is 282 g/mol. The minimum atomic E-state index is 0.526. The van der Waals surface area contributed by atoms with Crippen molar-refractivity contribution in [3.8, 4) is 5.82 Å². The maximum atomic E-state index is 5.85. The molecule has 5 nitrogen and oxygen atoms in total. The number of hydrogen-bond acceptors (Lipinski definition) is 4. The van der Waals surface area contributed by atoms with E-state index in [9.17, 15) is 0 Å². The summed E-state index contributed by atoms with van der Waals surface area (Å²) in [5.41, 5.74) is 6.79. The van der Waals surface area contributed by atoms with Gasteiger partial charge in [0.15, 0.2) is 5.82 Å². The van der Waals surface area contributed by atoms with Gasteiger partial charge in [-0.05, 0) is 22.4 Å². The molecule has 0 aromatic carbocycles. The number of nitrogens with zero attached hydrogens (tertiary/aromatic N) is 4.